The van der Waals surface area contributed by atoms with Gasteiger partial charge < -0.3 is 10.1 Å². The van der Waals surface area contributed by atoms with E-state index in [-0.39, 0.29) is 5.91 Å². The molecule has 4 heteroatoms. The summed E-state index contributed by atoms with van der Waals surface area (Å²) < 4.78 is 5.75. The Morgan fingerprint density at radius 1 is 1.17 bits per heavy atom. The minimum absolute atomic E-state index is 0.0436. The summed E-state index contributed by atoms with van der Waals surface area (Å²) in [7, 11) is 0. The third-order valence-electron chi connectivity index (χ3n) is 4.26. The van der Waals surface area contributed by atoms with Crippen molar-refractivity contribution in [2.75, 3.05) is 25.0 Å². The molecule has 1 fully saturated rings. The van der Waals surface area contributed by atoms with Gasteiger partial charge in [-0.25, -0.2) is 0 Å². The lowest BCUT2D eigenvalue weighted by molar-refractivity contribution is -0.117. The quantitative estimate of drug-likeness (QED) is 0.883. The van der Waals surface area contributed by atoms with Crippen LogP contribution in [0.25, 0.3) is 0 Å². The van der Waals surface area contributed by atoms with E-state index in [1.807, 2.05) is 54.6 Å². The summed E-state index contributed by atoms with van der Waals surface area (Å²) in [5, 5.41) is 2.95. The maximum atomic E-state index is 12.1. The van der Waals surface area contributed by atoms with Crippen molar-refractivity contribution in [1.29, 1.82) is 0 Å². The van der Waals surface area contributed by atoms with Gasteiger partial charge in [-0.2, -0.15) is 0 Å². The Labute approximate surface area is 143 Å². The number of rotatable bonds is 6. The van der Waals surface area contributed by atoms with E-state index in [1.54, 1.807) is 0 Å². The lowest BCUT2D eigenvalue weighted by Gasteiger charge is -2.15. The molecule has 1 aliphatic heterocycles. The molecule has 0 bridgehead atoms. The predicted octanol–water partition coefficient (Wildman–Crippen LogP) is 3.55. The van der Waals surface area contributed by atoms with Crippen LogP contribution in [0.2, 0.25) is 0 Å². The first-order chi connectivity index (χ1) is 11.7. The van der Waals surface area contributed by atoms with Crippen molar-refractivity contribution in [3.8, 4) is 5.75 Å². The summed E-state index contributed by atoms with van der Waals surface area (Å²) in [6.45, 7) is 5.27. The molecule has 2 aromatic carbocycles. The summed E-state index contributed by atoms with van der Waals surface area (Å²) in [5.74, 6) is 1.53. The third kappa shape index (κ3) is 4.83. The van der Waals surface area contributed by atoms with Gasteiger partial charge in [0, 0.05) is 12.2 Å². The molecule has 0 saturated carbocycles. The van der Waals surface area contributed by atoms with E-state index in [9.17, 15) is 4.79 Å². The Bertz CT molecular complexity index is 655. The molecule has 1 aliphatic rings. The number of hydrogen-bond donors (Lipinski definition) is 1. The molecule has 0 aliphatic carbocycles. The molecular weight excluding hydrogens is 300 g/mol. The number of carbonyl (C=O) groups excluding carboxylic acids is 1. The molecule has 1 amide bonds. The van der Waals surface area contributed by atoms with Crippen molar-refractivity contribution in [2.24, 2.45) is 5.92 Å². The second-order valence-electron chi connectivity index (χ2n) is 6.48. The van der Waals surface area contributed by atoms with Gasteiger partial charge in [0.1, 0.15) is 12.4 Å². The summed E-state index contributed by atoms with van der Waals surface area (Å²) in [6.07, 6.45) is 1.18. The molecule has 0 spiro atoms. The lowest BCUT2D eigenvalue weighted by atomic mass is 10.2. The van der Waals surface area contributed by atoms with Crippen LogP contribution in [0.4, 0.5) is 5.69 Å². The highest BCUT2D eigenvalue weighted by atomic mass is 16.5. The second-order valence-corrected chi connectivity index (χ2v) is 6.48. The van der Waals surface area contributed by atoms with Gasteiger partial charge in [0.05, 0.1) is 6.54 Å². The maximum absolute atomic E-state index is 12.1. The van der Waals surface area contributed by atoms with Crippen molar-refractivity contribution >= 4 is 11.6 Å². The van der Waals surface area contributed by atoms with Crippen LogP contribution in [0.1, 0.15) is 18.9 Å². The van der Waals surface area contributed by atoms with Crippen molar-refractivity contribution in [3.05, 3.63) is 60.2 Å². The largest absolute Gasteiger partial charge is 0.489 e. The van der Waals surface area contributed by atoms with E-state index in [0.29, 0.717) is 19.1 Å². The molecule has 3 rings (SSSR count). The first kappa shape index (κ1) is 16.5. The van der Waals surface area contributed by atoms with Crippen LogP contribution < -0.4 is 10.1 Å². The second kappa shape index (κ2) is 7.97. The van der Waals surface area contributed by atoms with Crippen LogP contribution in [-0.4, -0.2) is 30.4 Å². The lowest BCUT2D eigenvalue weighted by Crippen LogP contribution is -2.31. The fourth-order valence-electron chi connectivity index (χ4n) is 2.95. The van der Waals surface area contributed by atoms with Crippen LogP contribution in [0.5, 0.6) is 5.75 Å². The van der Waals surface area contributed by atoms with Crippen LogP contribution in [0.15, 0.2) is 54.6 Å². The third-order valence-corrected chi connectivity index (χ3v) is 4.26. The van der Waals surface area contributed by atoms with Crippen molar-refractivity contribution < 1.29 is 9.53 Å². The molecule has 0 aromatic heterocycles. The van der Waals surface area contributed by atoms with Gasteiger partial charge >= 0.3 is 0 Å². The number of likely N-dealkylation sites (tertiary alicyclic amines) is 1. The monoisotopic (exact) mass is 324 g/mol. The van der Waals surface area contributed by atoms with Gasteiger partial charge in [0.15, 0.2) is 0 Å². The summed E-state index contributed by atoms with van der Waals surface area (Å²) in [6, 6.07) is 17.6. The molecule has 4 nitrogen and oxygen atoms in total. The zero-order valence-corrected chi connectivity index (χ0v) is 14.1. The van der Waals surface area contributed by atoms with Crippen molar-refractivity contribution in [2.45, 2.75) is 20.0 Å². The normalized spacial score (nSPS) is 17.6. The van der Waals surface area contributed by atoms with Gasteiger partial charge in [-0.15, -0.1) is 0 Å². The minimum Gasteiger partial charge on any atom is -0.489 e. The molecule has 1 N–H and O–H groups in total. The zero-order valence-electron chi connectivity index (χ0n) is 14.1. The van der Waals surface area contributed by atoms with E-state index >= 15 is 0 Å². The standard InChI is InChI=1S/C20H24N2O2/c1-16-11-12-22(13-16)14-20(23)21-18-7-9-19(10-8-18)24-15-17-5-3-2-4-6-17/h2-10,16H,11-15H2,1H3,(H,21,23). The van der Waals surface area contributed by atoms with Crippen LogP contribution >= 0.6 is 0 Å². The molecule has 1 heterocycles. The first-order valence-electron chi connectivity index (χ1n) is 8.48. The Balaban J connectivity index is 1.46. The van der Waals surface area contributed by atoms with E-state index in [2.05, 4.69) is 17.1 Å². The van der Waals surface area contributed by atoms with Crippen LogP contribution in [-0.2, 0) is 11.4 Å². The number of nitrogens with zero attached hydrogens (tertiary/aromatic N) is 1. The van der Waals surface area contributed by atoms with Gasteiger partial charge in [0.25, 0.3) is 0 Å². The Kier molecular flexibility index (Phi) is 5.49. The molecule has 126 valence electrons. The SMILES string of the molecule is CC1CCN(CC(=O)Nc2ccc(OCc3ccccc3)cc2)C1. The van der Waals surface area contributed by atoms with Crippen LogP contribution in [0, 0.1) is 5.92 Å². The highest BCUT2D eigenvalue weighted by Gasteiger charge is 2.20. The molecular formula is C20H24N2O2. The molecule has 1 unspecified atom stereocenters. The number of amides is 1. The predicted molar refractivity (Wildman–Crippen MR) is 96.1 cm³/mol. The number of nitrogens with one attached hydrogen (secondary N) is 1. The fraction of sp³-hybridized carbons (Fsp3) is 0.350. The van der Waals surface area contributed by atoms with E-state index in [4.69, 9.17) is 4.74 Å². The van der Waals surface area contributed by atoms with Crippen molar-refractivity contribution in [3.63, 3.8) is 0 Å². The summed E-state index contributed by atoms with van der Waals surface area (Å²) in [5.41, 5.74) is 1.94. The number of ether oxygens (including phenoxy) is 1. The molecule has 1 atom stereocenters. The van der Waals surface area contributed by atoms with Gasteiger partial charge in [0.2, 0.25) is 5.91 Å². The molecule has 2 aromatic rings. The number of hydrogen-bond acceptors (Lipinski definition) is 3. The Morgan fingerprint density at radius 2 is 1.92 bits per heavy atom. The van der Waals surface area contributed by atoms with Crippen molar-refractivity contribution in [1.82, 2.24) is 4.90 Å². The highest BCUT2D eigenvalue weighted by molar-refractivity contribution is 5.92. The minimum atomic E-state index is 0.0436. The highest BCUT2D eigenvalue weighted by Crippen LogP contribution is 2.18. The van der Waals surface area contributed by atoms with Crippen LogP contribution in [0.3, 0.4) is 0 Å². The Morgan fingerprint density at radius 3 is 2.58 bits per heavy atom. The fourth-order valence-corrected chi connectivity index (χ4v) is 2.95. The summed E-state index contributed by atoms with van der Waals surface area (Å²) >= 11 is 0. The number of anilines is 1. The Hall–Kier alpha value is -2.33. The van der Waals surface area contributed by atoms with Gasteiger partial charge in [-0.05, 0) is 48.7 Å². The maximum Gasteiger partial charge on any atom is 0.238 e. The number of carbonyl (C=O) groups is 1. The topological polar surface area (TPSA) is 41.6 Å². The van der Waals surface area contributed by atoms with Gasteiger partial charge in [-0.3, -0.25) is 9.69 Å². The van der Waals surface area contributed by atoms with Gasteiger partial charge in [-0.1, -0.05) is 37.3 Å². The number of benzene rings is 2. The average Bonchev–Trinajstić information content (AvgIpc) is 3.00. The zero-order chi connectivity index (χ0) is 16.8. The average molecular weight is 324 g/mol. The molecule has 24 heavy (non-hydrogen) atoms. The first-order valence-corrected chi connectivity index (χ1v) is 8.48. The van der Waals surface area contributed by atoms with E-state index in [0.717, 1.165) is 30.1 Å². The smallest absolute Gasteiger partial charge is 0.238 e. The van der Waals surface area contributed by atoms with E-state index in [1.165, 1.54) is 6.42 Å². The molecule has 1 saturated heterocycles. The van der Waals surface area contributed by atoms with E-state index < -0.39 is 0 Å². The molecule has 0 radical (unpaired) electrons. The summed E-state index contributed by atoms with van der Waals surface area (Å²) in [4.78, 5) is 14.3.